The highest BCUT2D eigenvalue weighted by atomic mass is 19.1. The quantitative estimate of drug-likeness (QED) is 0.680. The van der Waals surface area contributed by atoms with Crippen LogP contribution < -0.4 is 15.4 Å². The largest absolute Gasteiger partial charge is 0.492 e. The van der Waals surface area contributed by atoms with Gasteiger partial charge in [-0.3, -0.25) is 4.79 Å². The van der Waals surface area contributed by atoms with E-state index in [1.807, 2.05) is 31.2 Å². The number of hydrogen-bond acceptors (Lipinski definition) is 4. The Morgan fingerprint density at radius 1 is 1.12 bits per heavy atom. The van der Waals surface area contributed by atoms with E-state index >= 15 is 0 Å². The van der Waals surface area contributed by atoms with E-state index in [2.05, 4.69) is 15.6 Å². The van der Waals surface area contributed by atoms with Gasteiger partial charge in [-0.1, -0.05) is 12.1 Å². The summed E-state index contributed by atoms with van der Waals surface area (Å²) >= 11 is 0. The summed E-state index contributed by atoms with van der Waals surface area (Å²) in [4.78, 5) is 16.6. The molecule has 0 aliphatic heterocycles. The molecule has 1 amide bonds. The zero-order chi connectivity index (χ0) is 18.4. The van der Waals surface area contributed by atoms with Crippen molar-refractivity contribution >= 4 is 23.1 Å². The van der Waals surface area contributed by atoms with Crippen molar-refractivity contribution in [3.8, 4) is 5.75 Å². The fraction of sp³-hybridized carbons (Fsp3) is 0.100. The maximum Gasteiger partial charge on any atom is 0.255 e. The van der Waals surface area contributed by atoms with Crippen molar-refractivity contribution in [2.45, 2.75) is 6.92 Å². The Bertz CT molecular complexity index is 898. The molecule has 2 N–H and O–H groups in total. The normalized spacial score (nSPS) is 10.2. The van der Waals surface area contributed by atoms with Crippen molar-refractivity contribution in [3.63, 3.8) is 0 Å². The molecule has 1 heterocycles. The molecule has 6 heteroatoms. The van der Waals surface area contributed by atoms with E-state index in [-0.39, 0.29) is 11.7 Å². The van der Waals surface area contributed by atoms with Gasteiger partial charge >= 0.3 is 0 Å². The van der Waals surface area contributed by atoms with Gasteiger partial charge in [0.1, 0.15) is 17.4 Å². The number of anilines is 3. The van der Waals surface area contributed by atoms with Gasteiger partial charge < -0.3 is 15.4 Å². The molecule has 0 bridgehead atoms. The van der Waals surface area contributed by atoms with E-state index in [9.17, 15) is 9.18 Å². The van der Waals surface area contributed by atoms with Crippen LogP contribution in [-0.2, 0) is 0 Å². The highest BCUT2D eigenvalue weighted by molar-refractivity contribution is 6.04. The number of nitrogens with one attached hydrogen (secondary N) is 2. The molecule has 132 valence electrons. The van der Waals surface area contributed by atoms with E-state index in [0.29, 0.717) is 29.4 Å². The minimum Gasteiger partial charge on any atom is -0.492 e. The predicted octanol–water partition coefficient (Wildman–Crippen LogP) is 4.62. The minimum absolute atomic E-state index is 0.305. The summed E-state index contributed by atoms with van der Waals surface area (Å²) in [5, 5.41) is 5.88. The van der Waals surface area contributed by atoms with Crippen molar-refractivity contribution in [2.75, 3.05) is 17.2 Å². The van der Waals surface area contributed by atoms with Crippen LogP contribution in [0.4, 0.5) is 21.6 Å². The first-order valence-corrected chi connectivity index (χ1v) is 8.17. The van der Waals surface area contributed by atoms with Gasteiger partial charge in [-0.15, -0.1) is 0 Å². The average Bonchev–Trinajstić information content (AvgIpc) is 2.66. The van der Waals surface area contributed by atoms with Crippen LogP contribution in [0.2, 0.25) is 0 Å². The molecule has 0 aliphatic carbocycles. The van der Waals surface area contributed by atoms with Gasteiger partial charge in [0.2, 0.25) is 0 Å². The molecule has 0 saturated heterocycles. The monoisotopic (exact) mass is 351 g/mol. The van der Waals surface area contributed by atoms with Gasteiger partial charge in [0.15, 0.2) is 0 Å². The van der Waals surface area contributed by atoms with Crippen molar-refractivity contribution in [1.82, 2.24) is 4.98 Å². The summed E-state index contributed by atoms with van der Waals surface area (Å²) in [7, 11) is 0. The fourth-order valence-corrected chi connectivity index (χ4v) is 2.37. The molecular weight excluding hydrogens is 333 g/mol. The maximum absolute atomic E-state index is 13.0. The topological polar surface area (TPSA) is 63.2 Å². The molecule has 0 radical (unpaired) electrons. The Kier molecular flexibility index (Phi) is 5.43. The predicted molar refractivity (Wildman–Crippen MR) is 99.5 cm³/mol. The first kappa shape index (κ1) is 17.4. The minimum atomic E-state index is -0.355. The molecule has 3 rings (SSSR count). The molecule has 0 aliphatic rings. The number of rotatable bonds is 6. The van der Waals surface area contributed by atoms with Crippen LogP contribution in [-0.4, -0.2) is 17.5 Å². The van der Waals surface area contributed by atoms with Crippen molar-refractivity contribution < 1.29 is 13.9 Å². The number of amides is 1. The second-order valence-corrected chi connectivity index (χ2v) is 5.44. The zero-order valence-electron chi connectivity index (χ0n) is 14.2. The standard InChI is InChI=1S/C20H18FN3O2/c1-2-26-18-6-4-3-5-17(18)24-19-13-14(11-12-22-19)20(25)23-16-9-7-15(21)8-10-16/h3-13H,2H2,1H3,(H,22,24)(H,23,25). The first-order chi connectivity index (χ1) is 12.7. The van der Waals surface area contributed by atoms with E-state index in [0.717, 1.165) is 5.69 Å². The number of ether oxygens (including phenoxy) is 1. The van der Waals surface area contributed by atoms with Gasteiger partial charge in [0.25, 0.3) is 5.91 Å². The molecule has 3 aromatic rings. The number of pyridine rings is 1. The summed E-state index contributed by atoms with van der Waals surface area (Å²) in [6, 6.07) is 16.3. The van der Waals surface area contributed by atoms with Gasteiger partial charge in [0, 0.05) is 17.4 Å². The summed E-state index contributed by atoms with van der Waals surface area (Å²) < 4.78 is 18.5. The first-order valence-electron chi connectivity index (χ1n) is 8.17. The highest BCUT2D eigenvalue weighted by Crippen LogP contribution is 2.26. The summed E-state index contributed by atoms with van der Waals surface area (Å²) in [5.41, 5.74) is 1.71. The molecule has 2 aromatic carbocycles. The average molecular weight is 351 g/mol. The van der Waals surface area contributed by atoms with Crippen LogP contribution in [0.5, 0.6) is 5.75 Å². The Morgan fingerprint density at radius 3 is 2.65 bits per heavy atom. The van der Waals surface area contributed by atoms with Gasteiger partial charge in [-0.2, -0.15) is 0 Å². The smallest absolute Gasteiger partial charge is 0.255 e. The molecule has 26 heavy (non-hydrogen) atoms. The molecule has 0 fully saturated rings. The molecular formula is C20H18FN3O2. The van der Waals surface area contributed by atoms with Crippen molar-refractivity contribution in [1.29, 1.82) is 0 Å². The summed E-state index contributed by atoms with van der Waals surface area (Å²) in [5.74, 6) is 0.563. The van der Waals surface area contributed by atoms with Crippen LogP contribution in [0.25, 0.3) is 0 Å². The molecule has 5 nitrogen and oxygen atoms in total. The fourth-order valence-electron chi connectivity index (χ4n) is 2.37. The van der Waals surface area contributed by atoms with Gasteiger partial charge in [0.05, 0.1) is 12.3 Å². The van der Waals surface area contributed by atoms with Crippen molar-refractivity contribution in [2.24, 2.45) is 0 Å². The number of carbonyl (C=O) groups excluding carboxylic acids is 1. The zero-order valence-corrected chi connectivity index (χ0v) is 14.2. The second-order valence-electron chi connectivity index (χ2n) is 5.44. The van der Waals surface area contributed by atoms with E-state index in [1.54, 1.807) is 18.3 Å². The molecule has 0 unspecified atom stereocenters. The van der Waals surface area contributed by atoms with Crippen LogP contribution in [0.3, 0.4) is 0 Å². The molecule has 0 spiro atoms. The van der Waals surface area contributed by atoms with E-state index in [1.165, 1.54) is 24.3 Å². The highest BCUT2D eigenvalue weighted by Gasteiger charge is 2.09. The maximum atomic E-state index is 13.0. The number of hydrogen-bond donors (Lipinski definition) is 2. The summed E-state index contributed by atoms with van der Waals surface area (Å²) in [6.07, 6.45) is 1.55. The number of para-hydroxylation sites is 2. The lowest BCUT2D eigenvalue weighted by Crippen LogP contribution is -2.12. The third-order valence-electron chi connectivity index (χ3n) is 3.57. The van der Waals surface area contributed by atoms with Crippen LogP contribution in [0.15, 0.2) is 66.9 Å². The number of carbonyl (C=O) groups is 1. The van der Waals surface area contributed by atoms with Crippen LogP contribution in [0.1, 0.15) is 17.3 Å². The number of halogens is 1. The van der Waals surface area contributed by atoms with E-state index < -0.39 is 0 Å². The van der Waals surface area contributed by atoms with Crippen LogP contribution in [0, 0.1) is 5.82 Å². The Hall–Kier alpha value is -3.41. The van der Waals surface area contributed by atoms with Crippen molar-refractivity contribution in [3.05, 3.63) is 78.2 Å². The lowest BCUT2D eigenvalue weighted by atomic mass is 10.2. The summed E-state index contributed by atoms with van der Waals surface area (Å²) in [6.45, 7) is 2.46. The number of aromatic nitrogens is 1. The molecule has 0 atom stereocenters. The third kappa shape index (κ3) is 4.36. The Balaban J connectivity index is 1.76. The molecule has 1 aromatic heterocycles. The van der Waals surface area contributed by atoms with Crippen LogP contribution >= 0.6 is 0 Å². The second kappa shape index (κ2) is 8.11. The SMILES string of the molecule is CCOc1ccccc1Nc1cc(C(=O)Nc2ccc(F)cc2)ccn1. The Labute approximate surface area is 150 Å². The lowest BCUT2D eigenvalue weighted by molar-refractivity contribution is 0.102. The Morgan fingerprint density at radius 2 is 1.88 bits per heavy atom. The van der Waals surface area contributed by atoms with Gasteiger partial charge in [-0.05, 0) is 55.5 Å². The number of benzene rings is 2. The van der Waals surface area contributed by atoms with Gasteiger partial charge in [-0.25, -0.2) is 9.37 Å². The lowest BCUT2D eigenvalue weighted by Gasteiger charge is -2.12. The van der Waals surface area contributed by atoms with E-state index in [4.69, 9.17) is 4.74 Å². The molecule has 0 saturated carbocycles. The number of nitrogens with zero attached hydrogens (tertiary/aromatic N) is 1. The third-order valence-corrected chi connectivity index (χ3v) is 3.57.